The second-order valence-electron chi connectivity index (χ2n) is 7.11. The van der Waals surface area contributed by atoms with Crippen LogP contribution >= 0.6 is 15.9 Å². The molecule has 0 heterocycles. The minimum Gasteiger partial charge on any atom is -0.347 e. The molecular formula is C20H22BrNO3S. The van der Waals surface area contributed by atoms with Gasteiger partial charge in [0.05, 0.1) is 4.90 Å². The van der Waals surface area contributed by atoms with Crippen LogP contribution in [0.3, 0.4) is 0 Å². The van der Waals surface area contributed by atoms with Gasteiger partial charge in [-0.25, -0.2) is 8.42 Å². The first-order chi connectivity index (χ1) is 12.0. The fourth-order valence-electron chi connectivity index (χ4n) is 2.33. The van der Waals surface area contributed by atoms with Crippen molar-refractivity contribution >= 4 is 43.3 Å². The van der Waals surface area contributed by atoms with Crippen molar-refractivity contribution in [3.05, 3.63) is 64.1 Å². The van der Waals surface area contributed by atoms with Gasteiger partial charge in [0, 0.05) is 21.8 Å². The molecule has 26 heavy (non-hydrogen) atoms. The van der Waals surface area contributed by atoms with Crippen molar-refractivity contribution in [3.8, 4) is 0 Å². The zero-order chi connectivity index (χ0) is 19.5. The molecule has 0 aliphatic carbocycles. The molecule has 2 aromatic carbocycles. The summed E-state index contributed by atoms with van der Waals surface area (Å²) in [5.74, 6) is -0.218. The van der Waals surface area contributed by atoms with Crippen LogP contribution < -0.4 is 5.32 Å². The fraction of sp³-hybridized carbons (Fsp3) is 0.250. The molecule has 6 heteroatoms. The van der Waals surface area contributed by atoms with Crippen molar-refractivity contribution < 1.29 is 13.2 Å². The first-order valence-electron chi connectivity index (χ1n) is 8.06. The third kappa shape index (κ3) is 5.81. The van der Waals surface area contributed by atoms with Gasteiger partial charge in [0.1, 0.15) is 0 Å². The van der Waals surface area contributed by atoms with E-state index in [1.807, 2.05) is 45.0 Å². The van der Waals surface area contributed by atoms with Gasteiger partial charge in [0.15, 0.2) is 9.84 Å². The van der Waals surface area contributed by atoms with Crippen LogP contribution in [0.15, 0.2) is 57.9 Å². The molecule has 0 aliphatic rings. The lowest BCUT2D eigenvalue weighted by Gasteiger charge is -2.22. The Hall–Kier alpha value is -1.92. The zero-order valence-electron chi connectivity index (χ0n) is 15.2. The van der Waals surface area contributed by atoms with E-state index in [1.165, 1.54) is 12.1 Å². The van der Waals surface area contributed by atoms with Crippen LogP contribution in [-0.4, -0.2) is 26.1 Å². The second kappa shape index (κ2) is 7.76. The van der Waals surface area contributed by atoms with E-state index in [0.29, 0.717) is 11.1 Å². The number of sulfone groups is 1. The molecule has 0 spiro atoms. The topological polar surface area (TPSA) is 63.2 Å². The van der Waals surface area contributed by atoms with E-state index in [0.717, 1.165) is 16.3 Å². The van der Waals surface area contributed by atoms with Gasteiger partial charge in [0.2, 0.25) is 0 Å². The third-order valence-electron chi connectivity index (χ3n) is 3.49. The summed E-state index contributed by atoms with van der Waals surface area (Å²) in [5.41, 5.74) is 1.60. The number of hydrogen-bond acceptors (Lipinski definition) is 3. The maximum atomic E-state index is 12.8. The van der Waals surface area contributed by atoms with E-state index in [1.54, 1.807) is 18.2 Å². The molecule has 0 bridgehead atoms. The first-order valence-corrected chi connectivity index (χ1v) is 10.7. The van der Waals surface area contributed by atoms with Crippen molar-refractivity contribution in [1.29, 1.82) is 0 Å². The molecule has 0 saturated carbocycles. The number of halogens is 1. The Morgan fingerprint density at radius 1 is 1.08 bits per heavy atom. The normalized spacial score (nSPS) is 12.7. The molecule has 0 saturated heterocycles. The smallest absolute Gasteiger partial charge is 0.252 e. The van der Waals surface area contributed by atoms with Crippen LogP contribution in [0, 0.1) is 0 Å². The highest BCUT2D eigenvalue weighted by Crippen LogP contribution is 2.23. The van der Waals surface area contributed by atoms with Crippen LogP contribution in [0.5, 0.6) is 0 Å². The van der Waals surface area contributed by atoms with E-state index >= 15 is 0 Å². The Bertz CT molecular complexity index is 940. The lowest BCUT2D eigenvalue weighted by Crippen LogP contribution is -2.41. The van der Waals surface area contributed by atoms with E-state index in [4.69, 9.17) is 0 Å². The Labute approximate surface area is 163 Å². The molecular weight excluding hydrogens is 414 g/mol. The minimum atomic E-state index is -3.29. The standard InChI is InChI=1S/C20H22BrNO3S/c1-20(2,3)22-19(23)18(13-14-6-5-7-16(21)12-14)15-8-10-17(11-9-15)26(4,24)25/h5-13H,1-4H3,(H,22,23)/b18-13+. The Balaban J connectivity index is 2.51. The molecule has 138 valence electrons. The summed E-state index contributed by atoms with van der Waals surface area (Å²) in [6, 6.07) is 14.0. The fourth-order valence-corrected chi connectivity index (χ4v) is 3.38. The van der Waals surface area contributed by atoms with Crippen LogP contribution in [-0.2, 0) is 14.6 Å². The summed E-state index contributed by atoms with van der Waals surface area (Å²) < 4.78 is 24.2. The molecule has 2 aromatic rings. The molecule has 0 atom stereocenters. The Kier molecular flexibility index (Phi) is 6.09. The van der Waals surface area contributed by atoms with Gasteiger partial charge in [0.25, 0.3) is 5.91 Å². The molecule has 0 radical (unpaired) electrons. The van der Waals surface area contributed by atoms with E-state index < -0.39 is 9.84 Å². The van der Waals surface area contributed by atoms with Gasteiger partial charge < -0.3 is 5.32 Å². The predicted octanol–water partition coefficient (Wildman–Crippen LogP) is 4.31. The van der Waals surface area contributed by atoms with E-state index in [9.17, 15) is 13.2 Å². The van der Waals surface area contributed by atoms with Crippen LogP contribution in [0.25, 0.3) is 11.6 Å². The van der Waals surface area contributed by atoms with Crippen molar-refractivity contribution in [1.82, 2.24) is 5.32 Å². The number of carbonyl (C=O) groups excluding carboxylic acids is 1. The number of amides is 1. The molecule has 0 aromatic heterocycles. The predicted molar refractivity (Wildman–Crippen MR) is 109 cm³/mol. The van der Waals surface area contributed by atoms with Crippen LogP contribution in [0.1, 0.15) is 31.9 Å². The number of rotatable bonds is 4. The summed E-state index contributed by atoms with van der Waals surface area (Å²) in [6.45, 7) is 5.73. The maximum absolute atomic E-state index is 12.8. The quantitative estimate of drug-likeness (QED) is 0.574. The maximum Gasteiger partial charge on any atom is 0.252 e. The zero-order valence-corrected chi connectivity index (χ0v) is 17.6. The van der Waals surface area contributed by atoms with Gasteiger partial charge in [-0.05, 0) is 62.2 Å². The highest BCUT2D eigenvalue weighted by Gasteiger charge is 2.19. The van der Waals surface area contributed by atoms with Gasteiger partial charge >= 0.3 is 0 Å². The molecule has 0 fully saturated rings. The van der Waals surface area contributed by atoms with E-state index in [2.05, 4.69) is 21.2 Å². The lowest BCUT2D eigenvalue weighted by molar-refractivity contribution is -0.116. The number of nitrogens with one attached hydrogen (secondary N) is 1. The van der Waals surface area contributed by atoms with Gasteiger partial charge in [-0.2, -0.15) is 0 Å². The molecule has 1 N–H and O–H groups in total. The van der Waals surface area contributed by atoms with Crippen LogP contribution in [0.4, 0.5) is 0 Å². The average Bonchev–Trinajstić information content (AvgIpc) is 2.50. The largest absolute Gasteiger partial charge is 0.347 e. The Morgan fingerprint density at radius 2 is 1.69 bits per heavy atom. The molecule has 0 unspecified atom stereocenters. The van der Waals surface area contributed by atoms with Crippen molar-refractivity contribution in [2.45, 2.75) is 31.2 Å². The third-order valence-corrected chi connectivity index (χ3v) is 5.11. The van der Waals surface area contributed by atoms with Crippen molar-refractivity contribution in [2.75, 3.05) is 6.26 Å². The Morgan fingerprint density at radius 3 is 2.19 bits per heavy atom. The summed E-state index contributed by atoms with van der Waals surface area (Å²) >= 11 is 3.43. The number of benzene rings is 2. The summed E-state index contributed by atoms with van der Waals surface area (Å²) in [7, 11) is -3.29. The van der Waals surface area contributed by atoms with Gasteiger partial charge in [-0.3, -0.25) is 4.79 Å². The SMILES string of the molecule is CC(C)(C)NC(=O)/C(=C/c1cccc(Br)c1)c1ccc(S(C)(=O)=O)cc1. The molecule has 0 aliphatic heterocycles. The van der Waals surface area contributed by atoms with Crippen molar-refractivity contribution in [2.24, 2.45) is 0 Å². The molecule has 1 amide bonds. The monoisotopic (exact) mass is 435 g/mol. The lowest BCUT2D eigenvalue weighted by atomic mass is 10.00. The summed E-state index contributed by atoms with van der Waals surface area (Å²) in [6.07, 6.45) is 2.95. The summed E-state index contributed by atoms with van der Waals surface area (Å²) in [5, 5.41) is 2.96. The number of hydrogen-bond donors (Lipinski definition) is 1. The van der Waals surface area contributed by atoms with Gasteiger partial charge in [-0.1, -0.05) is 40.2 Å². The first kappa shape index (κ1) is 20.4. The average molecular weight is 436 g/mol. The van der Waals surface area contributed by atoms with Crippen molar-refractivity contribution in [3.63, 3.8) is 0 Å². The van der Waals surface area contributed by atoms with Gasteiger partial charge in [-0.15, -0.1) is 0 Å². The highest BCUT2D eigenvalue weighted by molar-refractivity contribution is 9.10. The molecule has 2 rings (SSSR count). The van der Waals surface area contributed by atoms with E-state index in [-0.39, 0.29) is 16.3 Å². The highest BCUT2D eigenvalue weighted by atomic mass is 79.9. The minimum absolute atomic E-state index is 0.218. The second-order valence-corrected chi connectivity index (χ2v) is 10.0. The summed E-state index contributed by atoms with van der Waals surface area (Å²) in [4.78, 5) is 13.0. The molecule has 4 nitrogen and oxygen atoms in total. The van der Waals surface area contributed by atoms with Crippen LogP contribution in [0.2, 0.25) is 0 Å². The number of carbonyl (C=O) groups is 1.